The number of nitrogens with zero attached hydrogens (tertiary/aromatic N) is 1. The highest BCUT2D eigenvalue weighted by Crippen LogP contribution is 2.27. The average Bonchev–Trinajstić information content (AvgIpc) is 2.75. The van der Waals surface area contributed by atoms with Gasteiger partial charge < -0.3 is 5.11 Å². The zero-order chi connectivity index (χ0) is 19.2. The third kappa shape index (κ3) is 9.00. The minimum Gasteiger partial charge on any atom is -0.478 e. The molecule has 0 heterocycles. The van der Waals surface area contributed by atoms with Crippen LogP contribution in [0.25, 0.3) is 0 Å². The molecule has 0 aromatic rings. The molecule has 1 atom stereocenters. The van der Waals surface area contributed by atoms with E-state index in [1.165, 1.54) is 70.6 Å². The summed E-state index contributed by atoms with van der Waals surface area (Å²) in [6, 6.07) is 0.216. The topological polar surface area (TPSA) is 49.7 Å². The largest absolute Gasteiger partial charge is 0.478 e. The molecule has 0 aliphatic heterocycles. The van der Waals surface area contributed by atoms with Crippen LogP contribution in [0.1, 0.15) is 111 Å². The standard InChI is InChI=1S/C23H41NO2/c1-4-6-7-10-13-16-19(3)24-22(21(5-2)23(25)26)20-17-14-11-8-9-12-15-18-20/h5,19-20H,4,6-18H2,1-3H3,(H,25,26)/b21-5+,24-22?. The van der Waals surface area contributed by atoms with Crippen molar-refractivity contribution in [1.82, 2.24) is 0 Å². The highest BCUT2D eigenvalue weighted by molar-refractivity contribution is 6.20. The van der Waals surface area contributed by atoms with E-state index in [4.69, 9.17) is 4.99 Å². The van der Waals surface area contributed by atoms with E-state index in [0.717, 1.165) is 25.0 Å². The first-order valence-electron chi connectivity index (χ1n) is 11.1. The van der Waals surface area contributed by atoms with Gasteiger partial charge in [0, 0.05) is 12.0 Å². The Morgan fingerprint density at radius 3 is 2.15 bits per heavy atom. The van der Waals surface area contributed by atoms with Crippen molar-refractivity contribution in [3.05, 3.63) is 11.6 Å². The lowest BCUT2D eigenvalue weighted by atomic mass is 9.87. The summed E-state index contributed by atoms with van der Waals surface area (Å²) < 4.78 is 0. The third-order valence-corrected chi connectivity index (χ3v) is 5.62. The van der Waals surface area contributed by atoms with Crippen molar-refractivity contribution in [3.63, 3.8) is 0 Å². The van der Waals surface area contributed by atoms with E-state index in [2.05, 4.69) is 13.8 Å². The maximum absolute atomic E-state index is 11.8. The van der Waals surface area contributed by atoms with Crippen LogP contribution in [0.2, 0.25) is 0 Å². The van der Waals surface area contributed by atoms with E-state index < -0.39 is 5.97 Å². The molecular weight excluding hydrogens is 322 g/mol. The van der Waals surface area contributed by atoms with Gasteiger partial charge in [0.1, 0.15) is 0 Å². The predicted molar refractivity (Wildman–Crippen MR) is 112 cm³/mol. The first-order valence-corrected chi connectivity index (χ1v) is 11.1. The molecule has 1 aliphatic rings. The van der Waals surface area contributed by atoms with E-state index in [1.807, 2.05) is 6.92 Å². The molecule has 1 aliphatic carbocycles. The summed E-state index contributed by atoms with van der Waals surface area (Å²) in [6.07, 6.45) is 18.9. The number of carboxylic acids is 1. The Morgan fingerprint density at radius 1 is 1.04 bits per heavy atom. The predicted octanol–water partition coefficient (Wildman–Crippen LogP) is 6.96. The van der Waals surface area contributed by atoms with Crippen LogP contribution in [0.3, 0.4) is 0 Å². The molecule has 1 rings (SSSR count). The fraction of sp³-hybridized carbons (Fsp3) is 0.826. The molecule has 0 radical (unpaired) electrons. The number of allylic oxidation sites excluding steroid dienone is 1. The zero-order valence-corrected chi connectivity index (χ0v) is 17.4. The fourth-order valence-electron chi connectivity index (χ4n) is 4.03. The normalized spacial score (nSPS) is 19.5. The second-order valence-electron chi connectivity index (χ2n) is 7.97. The molecule has 0 saturated heterocycles. The lowest BCUT2D eigenvalue weighted by molar-refractivity contribution is -0.132. The van der Waals surface area contributed by atoms with Gasteiger partial charge in [0.25, 0.3) is 0 Å². The van der Waals surface area contributed by atoms with Crippen molar-refractivity contribution < 1.29 is 9.90 Å². The molecule has 0 amide bonds. The van der Waals surface area contributed by atoms with Gasteiger partial charge in [-0.1, -0.05) is 83.6 Å². The van der Waals surface area contributed by atoms with Crippen LogP contribution in [0.15, 0.2) is 16.6 Å². The molecule has 3 nitrogen and oxygen atoms in total. The van der Waals surface area contributed by atoms with E-state index in [9.17, 15) is 9.90 Å². The highest BCUT2D eigenvalue weighted by Gasteiger charge is 2.24. The Labute approximate surface area is 161 Å². The highest BCUT2D eigenvalue weighted by atomic mass is 16.4. The fourth-order valence-corrected chi connectivity index (χ4v) is 4.03. The Morgan fingerprint density at radius 2 is 1.62 bits per heavy atom. The lowest BCUT2D eigenvalue weighted by Crippen LogP contribution is -2.24. The summed E-state index contributed by atoms with van der Waals surface area (Å²) in [4.78, 5) is 16.8. The molecule has 0 bridgehead atoms. The molecule has 0 aromatic heterocycles. The summed E-state index contributed by atoms with van der Waals surface area (Å²) in [6.45, 7) is 6.23. The van der Waals surface area contributed by atoms with Gasteiger partial charge in [0.2, 0.25) is 0 Å². The van der Waals surface area contributed by atoms with Gasteiger partial charge in [-0.05, 0) is 33.1 Å². The van der Waals surface area contributed by atoms with Gasteiger partial charge >= 0.3 is 5.97 Å². The maximum Gasteiger partial charge on any atom is 0.337 e. The molecule has 1 fully saturated rings. The monoisotopic (exact) mass is 363 g/mol. The molecule has 26 heavy (non-hydrogen) atoms. The molecule has 1 unspecified atom stereocenters. The van der Waals surface area contributed by atoms with Gasteiger partial charge in [-0.2, -0.15) is 0 Å². The second kappa shape index (κ2) is 14.0. The van der Waals surface area contributed by atoms with Crippen LogP contribution < -0.4 is 0 Å². The Kier molecular flexibility index (Phi) is 12.3. The van der Waals surface area contributed by atoms with Crippen LogP contribution in [-0.2, 0) is 4.79 Å². The minimum atomic E-state index is -0.818. The molecule has 3 heteroatoms. The molecule has 150 valence electrons. The second-order valence-corrected chi connectivity index (χ2v) is 7.97. The van der Waals surface area contributed by atoms with Crippen molar-refractivity contribution in [2.24, 2.45) is 10.9 Å². The van der Waals surface area contributed by atoms with Crippen molar-refractivity contribution >= 4 is 11.7 Å². The van der Waals surface area contributed by atoms with Gasteiger partial charge in [0.15, 0.2) is 0 Å². The van der Waals surface area contributed by atoms with E-state index in [1.54, 1.807) is 6.08 Å². The van der Waals surface area contributed by atoms with E-state index in [0.29, 0.717) is 11.5 Å². The van der Waals surface area contributed by atoms with Gasteiger partial charge in [-0.15, -0.1) is 0 Å². The SMILES string of the molecule is C/C=C(/C(=O)O)C(=NC(C)CCCCCCC)C1CCCCCCCC1. The van der Waals surface area contributed by atoms with Crippen molar-refractivity contribution in [1.29, 1.82) is 0 Å². The van der Waals surface area contributed by atoms with Crippen LogP contribution >= 0.6 is 0 Å². The van der Waals surface area contributed by atoms with Gasteiger partial charge in [-0.3, -0.25) is 4.99 Å². The molecule has 1 saturated carbocycles. The average molecular weight is 364 g/mol. The number of aliphatic carboxylic acids is 1. The smallest absolute Gasteiger partial charge is 0.337 e. The number of hydrogen-bond acceptors (Lipinski definition) is 2. The maximum atomic E-state index is 11.8. The number of hydrogen-bond donors (Lipinski definition) is 1. The number of rotatable bonds is 10. The van der Waals surface area contributed by atoms with Crippen LogP contribution in [-0.4, -0.2) is 22.8 Å². The van der Waals surface area contributed by atoms with Crippen LogP contribution in [0.5, 0.6) is 0 Å². The minimum absolute atomic E-state index is 0.216. The summed E-state index contributed by atoms with van der Waals surface area (Å²) in [5.74, 6) is -0.501. The van der Waals surface area contributed by atoms with Crippen LogP contribution in [0, 0.1) is 5.92 Å². The first-order chi connectivity index (χ1) is 12.6. The zero-order valence-electron chi connectivity index (χ0n) is 17.4. The van der Waals surface area contributed by atoms with Gasteiger partial charge in [0.05, 0.1) is 11.3 Å². The third-order valence-electron chi connectivity index (χ3n) is 5.62. The van der Waals surface area contributed by atoms with E-state index >= 15 is 0 Å². The van der Waals surface area contributed by atoms with Crippen molar-refractivity contribution in [2.75, 3.05) is 0 Å². The number of carbonyl (C=O) groups is 1. The summed E-state index contributed by atoms with van der Waals surface area (Å²) in [5, 5.41) is 9.69. The van der Waals surface area contributed by atoms with Crippen LogP contribution in [0.4, 0.5) is 0 Å². The molecule has 1 N–H and O–H groups in total. The Balaban J connectivity index is 2.83. The summed E-state index contributed by atoms with van der Waals surface area (Å²) in [7, 11) is 0. The van der Waals surface area contributed by atoms with Gasteiger partial charge in [-0.25, -0.2) is 4.79 Å². The number of carboxylic acid groups (broad SMARTS) is 1. The first kappa shape index (κ1) is 22.9. The number of aliphatic imine (C=N–C) groups is 1. The van der Waals surface area contributed by atoms with E-state index in [-0.39, 0.29) is 6.04 Å². The molecule has 0 spiro atoms. The molecule has 0 aromatic carbocycles. The quantitative estimate of drug-likeness (QED) is 0.259. The number of unbranched alkanes of at least 4 members (excludes halogenated alkanes) is 4. The Bertz CT molecular complexity index is 443. The molecular formula is C23H41NO2. The Hall–Kier alpha value is -1.12. The summed E-state index contributed by atoms with van der Waals surface area (Å²) >= 11 is 0. The lowest BCUT2D eigenvalue weighted by Gasteiger charge is -2.21. The summed E-state index contributed by atoms with van der Waals surface area (Å²) in [5.41, 5.74) is 1.31. The van der Waals surface area contributed by atoms with Crippen molar-refractivity contribution in [2.45, 2.75) is 117 Å². The van der Waals surface area contributed by atoms with Crippen molar-refractivity contribution in [3.8, 4) is 0 Å².